The Morgan fingerprint density at radius 3 is 2.44 bits per heavy atom. The number of urea groups is 1. The van der Waals surface area contributed by atoms with Gasteiger partial charge in [-0.1, -0.05) is 35.6 Å². The lowest BCUT2D eigenvalue weighted by Gasteiger charge is -2.08. The van der Waals surface area contributed by atoms with E-state index in [1.807, 2.05) is 50.2 Å². The van der Waals surface area contributed by atoms with Gasteiger partial charge in [-0.05, 0) is 49.2 Å². The molecule has 2 aromatic carbocycles. The summed E-state index contributed by atoms with van der Waals surface area (Å²) < 4.78 is 0. The Morgan fingerprint density at radius 1 is 0.926 bits per heavy atom. The quantitative estimate of drug-likeness (QED) is 0.627. The van der Waals surface area contributed by atoms with Crippen molar-refractivity contribution in [2.45, 2.75) is 20.4 Å². The Balaban J connectivity index is 1.52. The van der Waals surface area contributed by atoms with Crippen molar-refractivity contribution in [2.75, 3.05) is 10.6 Å². The lowest BCUT2D eigenvalue weighted by atomic mass is 10.1. The van der Waals surface area contributed by atoms with Gasteiger partial charge < -0.3 is 16.0 Å². The first-order chi connectivity index (χ1) is 13.0. The van der Waals surface area contributed by atoms with Crippen LogP contribution >= 0.6 is 11.3 Å². The van der Waals surface area contributed by atoms with Crippen LogP contribution in [-0.2, 0) is 6.54 Å². The van der Waals surface area contributed by atoms with Gasteiger partial charge in [0.15, 0.2) is 0 Å². The first-order valence-corrected chi connectivity index (χ1v) is 9.14. The summed E-state index contributed by atoms with van der Waals surface area (Å²) >= 11 is 1.14. The van der Waals surface area contributed by atoms with Crippen LogP contribution in [-0.4, -0.2) is 22.1 Å². The van der Waals surface area contributed by atoms with Crippen LogP contribution in [0.4, 0.5) is 16.2 Å². The molecule has 27 heavy (non-hydrogen) atoms. The smallest absolute Gasteiger partial charge is 0.319 e. The number of amides is 3. The van der Waals surface area contributed by atoms with Gasteiger partial charge in [-0.25, -0.2) is 4.79 Å². The SMILES string of the molecule is Cc1ccc(NC(=O)NCc2nnc(C(=O)Nc3ccccc3)s2)cc1C. The van der Waals surface area contributed by atoms with E-state index in [9.17, 15) is 9.59 Å². The Morgan fingerprint density at radius 2 is 1.70 bits per heavy atom. The lowest BCUT2D eigenvalue weighted by molar-refractivity contribution is 0.102. The maximum atomic E-state index is 12.2. The van der Waals surface area contributed by atoms with E-state index in [4.69, 9.17) is 0 Å². The van der Waals surface area contributed by atoms with Crippen LogP contribution in [0, 0.1) is 13.8 Å². The maximum Gasteiger partial charge on any atom is 0.319 e. The number of hydrogen-bond donors (Lipinski definition) is 3. The van der Waals surface area contributed by atoms with Crippen molar-refractivity contribution < 1.29 is 9.59 Å². The fourth-order valence-corrected chi connectivity index (χ4v) is 2.95. The molecule has 0 aliphatic rings. The summed E-state index contributed by atoms with van der Waals surface area (Å²) in [5.74, 6) is -0.329. The molecule has 0 fully saturated rings. The number of para-hydroxylation sites is 1. The van der Waals surface area contributed by atoms with Crippen molar-refractivity contribution in [1.29, 1.82) is 0 Å². The van der Waals surface area contributed by atoms with E-state index in [0.717, 1.165) is 28.2 Å². The minimum absolute atomic E-state index is 0.187. The molecule has 0 unspecified atom stereocenters. The molecule has 138 valence electrons. The first-order valence-electron chi connectivity index (χ1n) is 8.32. The Labute approximate surface area is 160 Å². The highest BCUT2D eigenvalue weighted by Crippen LogP contribution is 2.15. The molecule has 3 rings (SSSR count). The third kappa shape index (κ3) is 5.11. The zero-order valence-corrected chi connectivity index (χ0v) is 15.8. The molecule has 1 heterocycles. The van der Waals surface area contributed by atoms with Crippen LogP contribution in [0.1, 0.15) is 25.9 Å². The van der Waals surface area contributed by atoms with E-state index < -0.39 is 0 Å². The number of benzene rings is 2. The third-order valence-corrected chi connectivity index (χ3v) is 4.78. The fourth-order valence-electron chi connectivity index (χ4n) is 2.27. The van der Waals surface area contributed by atoms with Gasteiger partial charge in [-0.15, -0.1) is 10.2 Å². The molecule has 0 atom stereocenters. The number of aromatic nitrogens is 2. The number of hydrogen-bond acceptors (Lipinski definition) is 5. The highest BCUT2D eigenvalue weighted by Gasteiger charge is 2.13. The van der Waals surface area contributed by atoms with E-state index in [1.165, 1.54) is 0 Å². The van der Waals surface area contributed by atoms with E-state index in [2.05, 4.69) is 26.1 Å². The van der Waals surface area contributed by atoms with Gasteiger partial charge in [0.1, 0.15) is 5.01 Å². The molecule has 3 aromatic rings. The molecular formula is C19H19N5O2S. The van der Waals surface area contributed by atoms with Gasteiger partial charge in [-0.2, -0.15) is 0 Å². The number of aryl methyl sites for hydroxylation is 2. The fraction of sp³-hybridized carbons (Fsp3) is 0.158. The van der Waals surface area contributed by atoms with Crippen molar-refractivity contribution in [2.24, 2.45) is 0 Å². The Bertz CT molecular complexity index is 956. The molecule has 3 N–H and O–H groups in total. The van der Waals surface area contributed by atoms with E-state index in [-0.39, 0.29) is 23.5 Å². The number of nitrogens with zero attached hydrogens (tertiary/aromatic N) is 2. The number of anilines is 2. The van der Waals surface area contributed by atoms with E-state index in [1.54, 1.807) is 12.1 Å². The first kappa shape index (κ1) is 18.5. The summed E-state index contributed by atoms with van der Waals surface area (Å²) in [6.45, 7) is 4.19. The van der Waals surface area contributed by atoms with Gasteiger partial charge in [0.2, 0.25) is 5.01 Å². The second kappa shape index (κ2) is 8.41. The molecule has 7 nitrogen and oxygen atoms in total. The van der Waals surface area contributed by atoms with Crippen molar-refractivity contribution in [3.63, 3.8) is 0 Å². The summed E-state index contributed by atoms with van der Waals surface area (Å²) in [6.07, 6.45) is 0. The molecule has 0 aliphatic carbocycles. The van der Waals surface area contributed by atoms with Gasteiger partial charge in [0.25, 0.3) is 5.91 Å². The molecule has 0 saturated carbocycles. The number of rotatable bonds is 5. The number of nitrogens with one attached hydrogen (secondary N) is 3. The Kier molecular flexibility index (Phi) is 5.77. The van der Waals surface area contributed by atoms with Crippen molar-refractivity contribution >= 4 is 34.6 Å². The molecule has 0 saturated heterocycles. The molecular weight excluding hydrogens is 362 g/mol. The largest absolute Gasteiger partial charge is 0.331 e. The van der Waals surface area contributed by atoms with Crippen LogP contribution in [0.2, 0.25) is 0 Å². The summed E-state index contributed by atoms with van der Waals surface area (Å²) in [4.78, 5) is 24.2. The summed E-state index contributed by atoms with van der Waals surface area (Å²) in [6, 6.07) is 14.5. The van der Waals surface area contributed by atoms with Gasteiger partial charge in [0.05, 0.1) is 6.54 Å². The Hall–Kier alpha value is -3.26. The number of carbonyl (C=O) groups is 2. The molecule has 0 aliphatic heterocycles. The summed E-state index contributed by atoms with van der Waals surface area (Å²) in [7, 11) is 0. The highest BCUT2D eigenvalue weighted by atomic mass is 32.1. The normalized spacial score (nSPS) is 10.3. The topological polar surface area (TPSA) is 96.0 Å². The van der Waals surface area contributed by atoms with Crippen molar-refractivity contribution in [1.82, 2.24) is 15.5 Å². The van der Waals surface area contributed by atoms with Gasteiger partial charge >= 0.3 is 6.03 Å². The molecule has 0 spiro atoms. The highest BCUT2D eigenvalue weighted by molar-refractivity contribution is 7.13. The maximum absolute atomic E-state index is 12.2. The second-order valence-corrected chi connectivity index (χ2v) is 6.99. The van der Waals surface area contributed by atoms with Crippen LogP contribution in [0.15, 0.2) is 48.5 Å². The van der Waals surface area contributed by atoms with Gasteiger partial charge in [0, 0.05) is 11.4 Å². The van der Waals surface area contributed by atoms with E-state index in [0.29, 0.717) is 10.7 Å². The summed E-state index contributed by atoms with van der Waals surface area (Å²) in [5, 5.41) is 16.8. The predicted octanol–water partition coefficient (Wildman–Crippen LogP) is 3.73. The second-order valence-electron chi connectivity index (χ2n) is 5.93. The zero-order chi connectivity index (χ0) is 19.2. The molecule has 0 bridgehead atoms. The summed E-state index contributed by atoms with van der Waals surface area (Å²) in [5.41, 5.74) is 3.67. The number of carbonyl (C=O) groups excluding carboxylic acids is 2. The van der Waals surface area contributed by atoms with Gasteiger partial charge in [-0.3, -0.25) is 4.79 Å². The molecule has 1 aromatic heterocycles. The molecule has 0 radical (unpaired) electrons. The molecule has 3 amide bonds. The van der Waals surface area contributed by atoms with Crippen molar-refractivity contribution in [3.05, 3.63) is 69.7 Å². The molecule has 8 heteroatoms. The minimum Gasteiger partial charge on any atom is -0.331 e. The lowest BCUT2D eigenvalue weighted by Crippen LogP contribution is -2.28. The van der Waals surface area contributed by atoms with Crippen LogP contribution in [0.25, 0.3) is 0 Å². The van der Waals surface area contributed by atoms with Crippen molar-refractivity contribution in [3.8, 4) is 0 Å². The minimum atomic E-state index is -0.344. The van der Waals surface area contributed by atoms with Crippen LogP contribution < -0.4 is 16.0 Å². The average Bonchev–Trinajstić information content (AvgIpc) is 3.13. The monoisotopic (exact) mass is 381 g/mol. The third-order valence-electron chi connectivity index (χ3n) is 3.86. The zero-order valence-electron chi connectivity index (χ0n) is 14.9. The van der Waals surface area contributed by atoms with Crippen LogP contribution in [0.5, 0.6) is 0 Å². The average molecular weight is 381 g/mol. The standard InChI is InChI=1S/C19H19N5O2S/c1-12-8-9-15(10-13(12)2)22-19(26)20-11-16-23-24-18(27-16)17(25)21-14-6-4-3-5-7-14/h3-10H,11H2,1-2H3,(H,21,25)(H2,20,22,26). The predicted molar refractivity (Wildman–Crippen MR) is 106 cm³/mol. The van der Waals surface area contributed by atoms with Crippen LogP contribution in [0.3, 0.4) is 0 Å². The van der Waals surface area contributed by atoms with E-state index >= 15 is 0 Å².